The van der Waals surface area contributed by atoms with Gasteiger partial charge in [-0.3, -0.25) is 10.2 Å². The molecule has 6 heteroatoms. The fourth-order valence-corrected chi connectivity index (χ4v) is 7.02. The van der Waals surface area contributed by atoms with Crippen molar-refractivity contribution >= 4 is 24.1 Å². The molecule has 5 fully saturated rings. The highest BCUT2D eigenvalue weighted by Crippen LogP contribution is 2.60. The van der Waals surface area contributed by atoms with Crippen molar-refractivity contribution in [2.24, 2.45) is 28.9 Å². The predicted molar refractivity (Wildman–Crippen MR) is 122 cm³/mol. The normalized spacial score (nSPS) is 34.5. The maximum atomic E-state index is 13.3. The van der Waals surface area contributed by atoms with Crippen LogP contribution in [0, 0.1) is 28.6 Å². The lowest BCUT2D eigenvalue weighted by Gasteiger charge is -2.55. The third-order valence-corrected chi connectivity index (χ3v) is 8.11. The summed E-state index contributed by atoms with van der Waals surface area (Å²) in [6.07, 6.45) is 9.67. The van der Waals surface area contributed by atoms with Crippen molar-refractivity contribution in [2.45, 2.75) is 57.4 Å². The molecule has 4 aliphatic carbocycles. The van der Waals surface area contributed by atoms with Gasteiger partial charge in [-0.05, 0) is 74.7 Å². The minimum atomic E-state index is -0.0272. The number of amidine groups is 1. The highest BCUT2D eigenvalue weighted by molar-refractivity contribution is 5.94. The Morgan fingerprint density at radius 3 is 2.27 bits per heavy atom. The number of rotatable bonds is 6. The minimum absolute atomic E-state index is 0. The molecule has 0 aromatic heterocycles. The Morgan fingerprint density at radius 2 is 1.70 bits per heavy atom. The molecule has 1 aromatic carbocycles. The first kappa shape index (κ1) is 21.6. The van der Waals surface area contributed by atoms with Crippen molar-refractivity contribution in [1.82, 2.24) is 10.2 Å². The summed E-state index contributed by atoms with van der Waals surface area (Å²) in [5.74, 6) is 2.96. The molecule has 1 amide bonds. The zero-order valence-electron chi connectivity index (χ0n) is 17.7. The molecule has 5 nitrogen and oxygen atoms in total. The van der Waals surface area contributed by atoms with E-state index in [1.54, 1.807) is 0 Å². The molecule has 1 aliphatic heterocycles. The van der Waals surface area contributed by atoms with Crippen molar-refractivity contribution < 1.29 is 4.79 Å². The number of likely N-dealkylation sites (tertiary alicyclic amines) is 1. The first-order valence-corrected chi connectivity index (χ1v) is 11.5. The largest absolute Gasteiger partial charge is 0.384 e. The van der Waals surface area contributed by atoms with Crippen LogP contribution >= 0.6 is 12.4 Å². The number of nitrogens with two attached hydrogens (primary N) is 1. The first-order valence-electron chi connectivity index (χ1n) is 11.5. The third-order valence-electron chi connectivity index (χ3n) is 8.11. The molecule has 1 atom stereocenters. The zero-order chi connectivity index (χ0) is 20.0. The average molecular weight is 431 g/mol. The lowest BCUT2D eigenvalue weighted by Crippen LogP contribution is -2.55. The van der Waals surface area contributed by atoms with Gasteiger partial charge in [0.25, 0.3) is 0 Å². The summed E-state index contributed by atoms with van der Waals surface area (Å²) < 4.78 is 0. The van der Waals surface area contributed by atoms with Gasteiger partial charge < -0.3 is 16.0 Å². The van der Waals surface area contributed by atoms with E-state index in [1.165, 1.54) is 24.8 Å². The second-order valence-corrected chi connectivity index (χ2v) is 10.3. The number of carbonyl (C=O) groups is 1. The van der Waals surface area contributed by atoms with Crippen LogP contribution in [0.2, 0.25) is 0 Å². The van der Waals surface area contributed by atoms with Crippen LogP contribution in [0.4, 0.5) is 0 Å². The highest BCUT2D eigenvalue weighted by Gasteiger charge is 2.54. The Labute approximate surface area is 186 Å². The molecule has 1 heterocycles. The summed E-state index contributed by atoms with van der Waals surface area (Å²) in [5.41, 5.74) is 7.55. The van der Waals surface area contributed by atoms with E-state index in [2.05, 4.69) is 22.3 Å². The van der Waals surface area contributed by atoms with E-state index in [0.717, 1.165) is 75.1 Å². The molecule has 5 aliphatic rings. The van der Waals surface area contributed by atoms with Crippen LogP contribution in [-0.2, 0) is 11.2 Å². The summed E-state index contributed by atoms with van der Waals surface area (Å²) in [6, 6.07) is 8.31. The van der Waals surface area contributed by atoms with Gasteiger partial charge in [-0.25, -0.2) is 0 Å². The molecule has 0 radical (unpaired) electrons. The molecule has 1 aromatic rings. The van der Waals surface area contributed by atoms with Gasteiger partial charge in [-0.2, -0.15) is 0 Å². The number of nitrogens with one attached hydrogen (secondary N) is 2. The fourth-order valence-electron chi connectivity index (χ4n) is 7.02. The van der Waals surface area contributed by atoms with E-state index < -0.39 is 0 Å². The third kappa shape index (κ3) is 4.24. The SMILES string of the molecule is Cl.N=C(N)c1ccc(CCN2CCC(NC(=O)C34CC5CC(CC(C5)C3)C4)C2)cc1. The number of nitrogens with zero attached hydrogens (tertiary/aromatic N) is 1. The van der Waals surface area contributed by atoms with Crippen molar-refractivity contribution in [3.8, 4) is 0 Å². The standard InChI is InChI=1S/C24H34N4O.ClH/c25-22(26)20-3-1-16(2-4-20)5-7-28-8-6-21(15-28)27-23(29)24-12-17-9-18(13-24)11-19(10-17)14-24;/h1-4,17-19,21H,5-15H2,(H3,25,26)(H,27,29);1H. The molecule has 1 unspecified atom stereocenters. The molecule has 4 N–H and O–H groups in total. The molecule has 6 rings (SSSR count). The molecular formula is C24H35ClN4O. The van der Waals surface area contributed by atoms with Gasteiger partial charge in [0.2, 0.25) is 5.91 Å². The van der Waals surface area contributed by atoms with Gasteiger partial charge in [0.15, 0.2) is 0 Å². The lowest BCUT2D eigenvalue weighted by atomic mass is 9.49. The van der Waals surface area contributed by atoms with Crippen molar-refractivity contribution in [2.75, 3.05) is 19.6 Å². The Balaban J connectivity index is 0.00000218. The minimum Gasteiger partial charge on any atom is -0.384 e. The highest BCUT2D eigenvalue weighted by atomic mass is 35.5. The van der Waals surface area contributed by atoms with Gasteiger partial charge in [0, 0.05) is 36.7 Å². The van der Waals surface area contributed by atoms with E-state index in [4.69, 9.17) is 11.1 Å². The van der Waals surface area contributed by atoms with E-state index in [0.29, 0.717) is 11.9 Å². The molecule has 30 heavy (non-hydrogen) atoms. The second kappa shape index (κ2) is 8.51. The number of halogens is 1. The van der Waals surface area contributed by atoms with Crippen molar-refractivity contribution in [1.29, 1.82) is 5.41 Å². The van der Waals surface area contributed by atoms with Gasteiger partial charge in [0.1, 0.15) is 5.84 Å². The van der Waals surface area contributed by atoms with Crippen LogP contribution in [0.1, 0.15) is 56.1 Å². The maximum Gasteiger partial charge on any atom is 0.226 e. The Bertz CT molecular complexity index is 758. The summed E-state index contributed by atoms with van der Waals surface area (Å²) >= 11 is 0. The summed E-state index contributed by atoms with van der Waals surface area (Å²) in [4.78, 5) is 15.7. The second-order valence-electron chi connectivity index (χ2n) is 10.3. The number of nitrogen functional groups attached to an aromatic ring is 1. The van der Waals surface area contributed by atoms with Crippen LogP contribution < -0.4 is 11.1 Å². The maximum absolute atomic E-state index is 13.3. The van der Waals surface area contributed by atoms with E-state index >= 15 is 0 Å². The molecule has 4 saturated carbocycles. The Kier molecular flexibility index (Phi) is 6.13. The number of hydrogen-bond donors (Lipinski definition) is 3. The fraction of sp³-hybridized carbons (Fsp3) is 0.667. The number of hydrogen-bond acceptors (Lipinski definition) is 3. The molecule has 0 spiro atoms. The zero-order valence-corrected chi connectivity index (χ0v) is 18.6. The molecule has 164 valence electrons. The van der Waals surface area contributed by atoms with Gasteiger partial charge in [0.05, 0.1) is 0 Å². The predicted octanol–water partition coefficient (Wildman–Crippen LogP) is 3.34. The topological polar surface area (TPSA) is 82.2 Å². The smallest absolute Gasteiger partial charge is 0.226 e. The van der Waals surface area contributed by atoms with Gasteiger partial charge in [-0.1, -0.05) is 24.3 Å². The van der Waals surface area contributed by atoms with Crippen molar-refractivity contribution in [3.05, 3.63) is 35.4 Å². The van der Waals surface area contributed by atoms with E-state index in [1.807, 2.05) is 12.1 Å². The quantitative estimate of drug-likeness (QED) is 0.478. The average Bonchev–Trinajstić information content (AvgIpc) is 3.13. The van der Waals surface area contributed by atoms with Crippen LogP contribution in [0.25, 0.3) is 0 Å². The van der Waals surface area contributed by atoms with E-state index in [9.17, 15) is 4.79 Å². The van der Waals surface area contributed by atoms with Crippen LogP contribution in [0.3, 0.4) is 0 Å². The summed E-state index contributed by atoms with van der Waals surface area (Å²) in [7, 11) is 0. The van der Waals surface area contributed by atoms with Gasteiger partial charge in [-0.15, -0.1) is 12.4 Å². The summed E-state index contributed by atoms with van der Waals surface area (Å²) in [5, 5.41) is 11.0. The molecule has 4 bridgehead atoms. The monoisotopic (exact) mass is 430 g/mol. The number of amides is 1. The number of carbonyl (C=O) groups excluding carboxylic acids is 1. The Hall–Kier alpha value is -1.59. The van der Waals surface area contributed by atoms with Crippen molar-refractivity contribution in [3.63, 3.8) is 0 Å². The molecule has 1 saturated heterocycles. The lowest BCUT2D eigenvalue weighted by molar-refractivity contribution is -0.146. The van der Waals surface area contributed by atoms with E-state index in [-0.39, 0.29) is 23.7 Å². The Morgan fingerprint density at radius 1 is 1.10 bits per heavy atom. The summed E-state index contributed by atoms with van der Waals surface area (Å²) in [6.45, 7) is 3.06. The van der Waals surface area contributed by atoms with Gasteiger partial charge >= 0.3 is 0 Å². The van der Waals surface area contributed by atoms with Crippen LogP contribution in [0.15, 0.2) is 24.3 Å². The van der Waals surface area contributed by atoms with Crippen LogP contribution in [0.5, 0.6) is 0 Å². The van der Waals surface area contributed by atoms with Crippen LogP contribution in [-0.4, -0.2) is 42.3 Å². The number of benzene rings is 1. The first-order chi connectivity index (χ1) is 14.0. The molecular weight excluding hydrogens is 396 g/mol.